The van der Waals surface area contributed by atoms with Gasteiger partial charge in [0.25, 0.3) is 10.0 Å². The number of fused-ring (bicyclic) bond motifs is 4. The molecule has 30 heavy (non-hydrogen) atoms. The summed E-state index contributed by atoms with van der Waals surface area (Å²) in [6.45, 7) is 1.63. The smallest absolute Gasteiger partial charge is 0.357 e. The summed E-state index contributed by atoms with van der Waals surface area (Å²) in [6.07, 6.45) is -2.83. The number of nitrogens with one attached hydrogen (secondary N) is 2. The van der Waals surface area contributed by atoms with Gasteiger partial charge in [-0.15, -0.1) is 11.3 Å². The van der Waals surface area contributed by atoms with Gasteiger partial charge in [-0.05, 0) is 37.2 Å². The minimum atomic E-state index is -4.90. The third-order valence-corrected chi connectivity index (χ3v) is 7.32. The third kappa shape index (κ3) is 3.06. The van der Waals surface area contributed by atoms with Crippen molar-refractivity contribution >= 4 is 42.9 Å². The number of halogens is 3. The van der Waals surface area contributed by atoms with Gasteiger partial charge in [0, 0.05) is 47.0 Å². The molecule has 3 aromatic heterocycles. The lowest BCUT2D eigenvalue weighted by Crippen LogP contribution is -2.26. The van der Waals surface area contributed by atoms with E-state index >= 15 is 0 Å². The lowest BCUT2D eigenvalue weighted by Gasteiger charge is -2.22. The Labute approximate surface area is 173 Å². The van der Waals surface area contributed by atoms with E-state index in [0.29, 0.717) is 0 Å². The van der Waals surface area contributed by atoms with Crippen LogP contribution in [0.15, 0.2) is 34.8 Å². The van der Waals surface area contributed by atoms with E-state index in [1.165, 1.54) is 17.6 Å². The normalized spacial score (nSPS) is 15.7. The van der Waals surface area contributed by atoms with Crippen LogP contribution >= 0.6 is 11.3 Å². The Morgan fingerprint density at radius 3 is 2.87 bits per heavy atom. The number of aromatic nitrogens is 3. The molecule has 12 heteroatoms. The largest absolute Gasteiger partial charge is 0.436 e. The number of nitrogens with zero attached hydrogens (tertiary/aromatic N) is 3. The highest BCUT2D eigenvalue weighted by Crippen LogP contribution is 2.36. The van der Waals surface area contributed by atoms with E-state index in [4.69, 9.17) is 0 Å². The van der Waals surface area contributed by atoms with Gasteiger partial charge in [-0.1, -0.05) is 0 Å². The highest BCUT2D eigenvalue weighted by atomic mass is 32.2. The monoisotopic (exact) mass is 455 g/mol. The number of anilines is 1. The predicted octanol–water partition coefficient (Wildman–Crippen LogP) is 3.68. The Kier molecular flexibility index (Phi) is 4.18. The van der Waals surface area contributed by atoms with Crippen LogP contribution < -0.4 is 4.72 Å². The van der Waals surface area contributed by atoms with Crippen LogP contribution in [0.25, 0.3) is 15.9 Å². The lowest BCUT2D eigenvalue weighted by atomic mass is 10.0. The van der Waals surface area contributed by atoms with Crippen LogP contribution in [0.2, 0.25) is 0 Å². The van der Waals surface area contributed by atoms with Gasteiger partial charge in [0.15, 0.2) is 15.7 Å². The molecular weight excluding hydrogens is 439 g/mol. The molecule has 7 nitrogen and oxygen atoms in total. The number of sulfonamides is 1. The van der Waals surface area contributed by atoms with Crippen LogP contribution in [0.5, 0.6) is 0 Å². The highest BCUT2D eigenvalue weighted by molar-refractivity contribution is 7.92. The minimum Gasteiger partial charge on any atom is -0.357 e. The molecule has 0 spiro atoms. The van der Waals surface area contributed by atoms with Gasteiger partial charge in [-0.25, -0.2) is 4.98 Å². The Hall–Kier alpha value is -2.57. The van der Waals surface area contributed by atoms with E-state index in [0.717, 1.165) is 57.4 Å². The molecule has 0 unspecified atom stereocenters. The Bertz CT molecular complexity index is 1380. The number of rotatable bonds is 3. The molecule has 1 aliphatic rings. The molecule has 1 aromatic carbocycles. The van der Waals surface area contributed by atoms with Gasteiger partial charge in [-0.3, -0.25) is 9.12 Å². The van der Waals surface area contributed by atoms with Crippen molar-refractivity contribution in [2.24, 2.45) is 0 Å². The topological polar surface area (TPSA) is 82.5 Å². The number of imidazole rings is 1. The van der Waals surface area contributed by atoms with Gasteiger partial charge >= 0.3 is 6.18 Å². The van der Waals surface area contributed by atoms with Crippen LogP contribution in [-0.4, -0.2) is 41.3 Å². The first-order chi connectivity index (χ1) is 14.1. The zero-order valence-electron chi connectivity index (χ0n) is 15.6. The number of hydrogen-bond donors (Lipinski definition) is 2. The summed E-state index contributed by atoms with van der Waals surface area (Å²) in [7, 11) is -2.53. The fourth-order valence-electron chi connectivity index (χ4n) is 3.85. The lowest BCUT2D eigenvalue weighted by molar-refractivity contribution is -0.143. The van der Waals surface area contributed by atoms with Crippen LogP contribution in [-0.2, 0) is 29.2 Å². The molecular formula is C18H16F3N5O2S2. The molecule has 0 aliphatic carbocycles. The number of H-pyrrole nitrogens is 1. The van der Waals surface area contributed by atoms with E-state index in [1.54, 1.807) is 12.1 Å². The first kappa shape index (κ1) is 19.4. The van der Waals surface area contributed by atoms with Gasteiger partial charge in [-0.2, -0.15) is 21.6 Å². The van der Waals surface area contributed by atoms with Crippen molar-refractivity contribution in [1.82, 2.24) is 19.3 Å². The third-order valence-electron chi connectivity index (χ3n) is 5.16. The summed E-state index contributed by atoms with van der Waals surface area (Å²) in [5, 5.41) is 1.43. The standard InChI is InChI=1S/C18H16F3N5O2S2/c1-25-5-4-11-12-8-10(2-3-13(12)22-14(11)9-25)24-30(27,28)16-15(18(19,20)21)23-17-26(16)6-7-29-17/h2-3,6-8,22,24H,4-5,9H2,1H3. The van der Waals surface area contributed by atoms with Crippen LogP contribution in [0, 0.1) is 0 Å². The molecule has 0 fully saturated rings. The van der Waals surface area contributed by atoms with Gasteiger partial charge < -0.3 is 9.88 Å². The van der Waals surface area contributed by atoms with Crippen molar-refractivity contribution in [3.05, 3.63) is 46.7 Å². The fourth-order valence-corrected chi connectivity index (χ4v) is 5.98. The molecule has 0 saturated heterocycles. The van der Waals surface area contributed by atoms with Gasteiger partial charge in [0.05, 0.1) is 0 Å². The number of aromatic amines is 1. The number of hydrogen-bond acceptors (Lipinski definition) is 5. The zero-order chi connectivity index (χ0) is 21.3. The maximum Gasteiger partial charge on any atom is 0.436 e. The van der Waals surface area contributed by atoms with Gasteiger partial charge in [0.1, 0.15) is 0 Å². The molecule has 2 N–H and O–H groups in total. The van der Waals surface area contributed by atoms with Crippen molar-refractivity contribution in [3.63, 3.8) is 0 Å². The molecule has 4 heterocycles. The van der Waals surface area contributed by atoms with Crippen LogP contribution in [0.1, 0.15) is 17.0 Å². The Morgan fingerprint density at radius 1 is 1.30 bits per heavy atom. The molecule has 4 aromatic rings. The van der Waals surface area contributed by atoms with Crippen LogP contribution in [0.4, 0.5) is 18.9 Å². The molecule has 1 aliphatic heterocycles. The second-order valence-electron chi connectivity index (χ2n) is 7.25. The van der Waals surface area contributed by atoms with Crippen molar-refractivity contribution in [3.8, 4) is 0 Å². The SMILES string of the molecule is CN1CCc2c([nH]c3ccc(NS(=O)(=O)c4c(C(F)(F)F)nc5sccn45)cc23)C1. The van der Waals surface area contributed by atoms with Crippen molar-refractivity contribution in [1.29, 1.82) is 0 Å². The first-order valence-corrected chi connectivity index (χ1v) is 11.4. The fraction of sp³-hybridized carbons (Fsp3) is 0.278. The molecule has 0 amide bonds. The highest BCUT2D eigenvalue weighted by Gasteiger charge is 2.42. The van der Waals surface area contributed by atoms with Crippen molar-refractivity contribution in [2.75, 3.05) is 18.3 Å². The maximum absolute atomic E-state index is 13.4. The first-order valence-electron chi connectivity index (χ1n) is 9.01. The zero-order valence-corrected chi connectivity index (χ0v) is 17.2. The molecule has 0 atom stereocenters. The van der Waals surface area contributed by atoms with E-state index < -0.39 is 26.9 Å². The molecule has 0 radical (unpaired) electrons. The number of thiazole rings is 1. The maximum atomic E-state index is 13.4. The summed E-state index contributed by atoms with van der Waals surface area (Å²) >= 11 is 0.931. The summed E-state index contributed by atoms with van der Waals surface area (Å²) in [4.78, 5) is 8.95. The molecule has 5 rings (SSSR count). The quantitative estimate of drug-likeness (QED) is 0.494. The molecule has 0 saturated carbocycles. The van der Waals surface area contributed by atoms with E-state index in [-0.39, 0.29) is 10.6 Å². The number of likely N-dealkylation sites (N-methyl/N-ethyl adjacent to an activating group) is 1. The second-order valence-corrected chi connectivity index (χ2v) is 9.73. The summed E-state index contributed by atoms with van der Waals surface area (Å²) in [6, 6.07) is 4.92. The summed E-state index contributed by atoms with van der Waals surface area (Å²) in [5.41, 5.74) is 1.80. The van der Waals surface area contributed by atoms with Crippen molar-refractivity contribution < 1.29 is 21.6 Å². The molecule has 0 bridgehead atoms. The second kappa shape index (κ2) is 6.46. The Morgan fingerprint density at radius 2 is 2.10 bits per heavy atom. The average Bonchev–Trinajstić information content (AvgIpc) is 3.31. The van der Waals surface area contributed by atoms with Crippen LogP contribution in [0.3, 0.4) is 0 Å². The van der Waals surface area contributed by atoms with E-state index in [1.807, 2.05) is 7.05 Å². The summed E-state index contributed by atoms with van der Waals surface area (Å²) in [5.74, 6) is 0. The number of alkyl halides is 3. The van der Waals surface area contributed by atoms with Gasteiger partial charge in [0.2, 0.25) is 0 Å². The number of benzene rings is 1. The minimum absolute atomic E-state index is 0.0398. The Balaban J connectivity index is 1.58. The van der Waals surface area contributed by atoms with E-state index in [9.17, 15) is 21.6 Å². The average molecular weight is 455 g/mol. The summed E-state index contributed by atoms with van der Waals surface area (Å²) < 4.78 is 69.5. The van der Waals surface area contributed by atoms with E-state index in [2.05, 4.69) is 19.6 Å². The molecule has 158 valence electrons. The predicted molar refractivity (Wildman–Crippen MR) is 107 cm³/mol. The van der Waals surface area contributed by atoms with Crippen molar-refractivity contribution in [2.45, 2.75) is 24.2 Å².